The Kier molecular flexibility index (Phi) is 4.16. The molecule has 2 aliphatic rings. The maximum atomic E-state index is 6.08. The highest BCUT2D eigenvalue weighted by Gasteiger charge is 2.49. The number of nitrogens with two attached hydrogens (primary N) is 1. The average Bonchev–Trinajstić information content (AvgIpc) is 3.10. The van der Waals surface area contributed by atoms with Crippen LogP contribution >= 0.6 is 11.8 Å². The summed E-state index contributed by atoms with van der Waals surface area (Å²) in [6.45, 7) is 6.19. The molecule has 1 aliphatic carbocycles. The third-order valence-corrected chi connectivity index (χ3v) is 5.09. The summed E-state index contributed by atoms with van der Waals surface area (Å²) in [6, 6.07) is 0. The molecule has 1 heterocycles. The summed E-state index contributed by atoms with van der Waals surface area (Å²) in [5, 5.41) is 0.732. The summed E-state index contributed by atoms with van der Waals surface area (Å²) < 4.78 is 5.46. The average molecular weight is 244 g/mol. The van der Waals surface area contributed by atoms with Crippen molar-refractivity contribution in [2.24, 2.45) is 11.7 Å². The lowest BCUT2D eigenvalue weighted by Gasteiger charge is -2.46. The number of ether oxygens (including phenoxy) is 1. The van der Waals surface area contributed by atoms with E-state index in [-0.39, 0.29) is 5.54 Å². The maximum Gasteiger partial charge on any atom is 0.0661 e. The number of methoxy groups -OCH3 is 1. The Bertz CT molecular complexity index is 235. The van der Waals surface area contributed by atoms with Crippen molar-refractivity contribution >= 4 is 11.8 Å². The molecule has 0 aromatic rings. The molecule has 2 N–H and O–H groups in total. The van der Waals surface area contributed by atoms with E-state index in [1.54, 1.807) is 7.11 Å². The van der Waals surface area contributed by atoms with Crippen molar-refractivity contribution in [3.63, 3.8) is 0 Å². The summed E-state index contributed by atoms with van der Waals surface area (Å²) in [7, 11) is 1.80. The molecule has 1 saturated carbocycles. The van der Waals surface area contributed by atoms with Gasteiger partial charge < -0.3 is 10.5 Å². The van der Waals surface area contributed by atoms with E-state index in [4.69, 9.17) is 10.5 Å². The van der Waals surface area contributed by atoms with Gasteiger partial charge in [-0.05, 0) is 18.8 Å². The zero-order valence-corrected chi connectivity index (χ0v) is 11.3. The Balaban J connectivity index is 2.09. The first-order valence-electron chi connectivity index (χ1n) is 6.28. The molecule has 0 radical (unpaired) electrons. The van der Waals surface area contributed by atoms with Crippen LogP contribution in [0.1, 0.15) is 19.8 Å². The Labute approximate surface area is 103 Å². The highest BCUT2D eigenvalue weighted by Crippen LogP contribution is 2.44. The van der Waals surface area contributed by atoms with Crippen LogP contribution in [0.4, 0.5) is 0 Å². The molecule has 2 fully saturated rings. The highest BCUT2D eigenvalue weighted by molar-refractivity contribution is 7.99. The summed E-state index contributed by atoms with van der Waals surface area (Å²) in [4.78, 5) is 2.61. The van der Waals surface area contributed by atoms with Crippen LogP contribution in [-0.2, 0) is 4.74 Å². The zero-order chi connectivity index (χ0) is 11.6. The smallest absolute Gasteiger partial charge is 0.0661 e. The van der Waals surface area contributed by atoms with Gasteiger partial charge in [0.2, 0.25) is 0 Å². The fourth-order valence-corrected chi connectivity index (χ4v) is 3.93. The predicted molar refractivity (Wildman–Crippen MR) is 69.9 cm³/mol. The minimum atomic E-state index is 0.129. The fraction of sp³-hybridized carbons (Fsp3) is 1.00. The molecular weight excluding hydrogens is 220 g/mol. The van der Waals surface area contributed by atoms with E-state index in [9.17, 15) is 0 Å². The second kappa shape index (κ2) is 5.25. The van der Waals surface area contributed by atoms with Crippen LogP contribution in [0.3, 0.4) is 0 Å². The third kappa shape index (κ3) is 2.40. The Hall–Kier alpha value is 0.230. The largest absolute Gasteiger partial charge is 0.383 e. The van der Waals surface area contributed by atoms with Gasteiger partial charge >= 0.3 is 0 Å². The minimum absolute atomic E-state index is 0.129. The molecule has 94 valence electrons. The van der Waals surface area contributed by atoms with Crippen molar-refractivity contribution in [2.75, 3.05) is 39.1 Å². The van der Waals surface area contributed by atoms with Crippen molar-refractivity contribution in [3.05, 3.63) is 0 Å². The Morgan fingerprint density at radius 1 is 1.50 bits per heavy atom. The summed E-state index contributed by atoms with van der Waals surface area (Å²) in [5.74, 6) is 2.01. The lowest BCUT2D eigenvalue weighted by atomic mass is 9.91. The first-order chi connectivity index (χ1) is 7.73. The van der Waals surface area contributed by atoms with Gasteiger partial charge in [0.25, 0.3) is 0 Å². The molecule has 4 heteroatoms. The van der Waals surface area contributed by atoms with E-state index in [0.717, 1.165) is 24.3 Å². The van der Waals surface area contributed by atoms with Crippen molar-refractivity contribution < 1.29 is 4.74 Å². The van der Waals surface area contributed by atoms with Crippen LogP contribution in [-0.4, -0.2) is 54.8 Å². The number of rotatable bonds is 5. The fourth-order valence-electron chi connectivity index (χ4n) is 2.92. The van der Waals surface area contributed by atoms with Gasteiger partial charge in [-0.1, -0.05) is 6.92 Å². The molecule has 0 spiro atoms. The molecule has 3 nitrogen and oxygen atoms in total. The molecule has 0 bridgehead atoms. The SMILES string of the molecule is COCC(CN)(C1CC1)N1CCSC(C)C1. The van der Waals surface area contributed by atoms with Gasteiger partial charge in [0.05, 0.1) is 12.1 Å². The first-order valence-corrected chi connectivity index (χ1v) is 7.33. The van der Waals surface area contributed by atoms with Crippen LogP contribution in [0.2, 0.25) is 0 Å². The van der Waals surface area contributed by atoms with E-state index >= 15 is 0 Å². The number of nitrogens with zero attached hydrogens (tertiary/aromatic N) is 1. The molecule has 1 saturated heterocycles. The summed E-state index contributed by atoms with van der Waals surface area (Å²) in [6.07, 6.45) is 2.66. The van der Waals surface area contributed by atoms with E-state index in [0.29, 0.717) is 0 Å². The van der Waals surface area contributed by atoms with E-state index in [1.165, 1.54) is 31.7 Å². The molecule has 2 rings (SSSR count). The lowest BCUT2D eigenvalue weighted by molar-refractivity contribution is 0.00169. The van der Waals surface area contributed by atoms with Crippen molar-refractivity contribution in [2.45, 2.75) is 30.6 Å². The minimum Gasteiger partial charge on any atom is -0.383 e. The van der Waals surface area contributed by atoms with Crippen LogP contribution < -0.4 is 5.73 Å². The standard InChI is InChI=1S/C12H24N2OS/c1-10-7-14(5-6-16-10)12(8-13,9-15-2)11-3-4-11/h10-11H,3-9,13H2,1-2H3. The Morgan fingerprint density at radius 3 is 2.75 bits per heavy atom. The molecule has 0 amide bonds. The molecular formula is C12H24N2OS. The monoisotopic (exact) mass is 244 g/mol. The Morgan fingerprint density at radius 2 is 2.25 bits per heavy atom. The quantitative estimate of drug-likeness (QED) is 0.788. The van der Waals surface area contributed by atoms with Gasteiger partial charge in [0.15, 0.2) is 0 Å². The van der Waals surface area contributed by atoms with Gasteiger partial charge in [0.1, 0.15) is 0 Å². The molecule has 2 atom stereocenters. The molecule has 0 aromatic carbocycles. The van der Waals surface area contributed by atoms with Crippen LogP contribution in [0.5, 0.6) is 0 Å². The molecule has 16 heavy (non-hydrogen) atoms. The lowest BCUT2D eigenvalue weighted by Crippen LogP contribution is -2.61. The van der Waals surface area contributed by atoms with Gasteiger partial charge in [0, 0.05) is 37.7 Å². The van der Waals surface area contributed by atoms with Crippen molar-refractivity contribution in [3.8, 4) is 0 Å². The number of hydrogen-bond donors (Lipinski definition) is 1. The van der Waals surface area contributed by atoms with Gasteiger partial charge in [-0.15, -0.1) is 0 Å². The normalized spacial score (nSPS) is 31.3. The second-order valence-corrected chi connectivity index (χ2v) is 6.69. The first kappa shape index (κ1) is 12.7. The number of thioether (sulfide) groups is 1. The van der Waals surface area contributed by atoms with Crippen molar-refractivity contribution in [1.82, 2.24) is 4.90 Å². The number of hydrogen-bond acceptors (Lipinski definition) is 4. The van der Waals surface area contributed by atoms with Crippen LogP contribution in [0, 0.1) is 5.92 Å². The third-order valence-electron chi connectivity index (χ3n) is 3.96. The van der Waals surface area contributed by atoms with Crippen LogP contribution in [0.15, 0.2) is 0 Å². The molecule has 1 aliphatic heterocycles. The summed E-state index contributed by atoms with van der Waals surface area (Å²) in [5.41, 5.74) is 6.21. The summed E-state index contributed by atoms with van der Waals surface area (Å²) >= 11 is 2.08. The van der Waals surface area contributed by atoms with Gasteiger partial charge in [-0.3, -0.25) is 4.90 Å². The van der Waals surface area contributed by atoms with Gasteiger partial charge in [-0.25, -0.2) is 0 Å². The van der Waals surface area contributed by atoms with E-state index < -0.39 is 0 Å². The zero-order valence-electron chi connectivity index (χ0n) is 10.4. The molecule has 2 unspecified atom stereocenters. The van der Waals surface area contributed by atoms with Crippen molar-refractivity contribution in [1.29, 1.82) is 0 Å². The second-order valence-electron chi connectivity index (χ2n) is 5.14. The van der Waals surface area contributed by atoms with Gasteiger partial charge in [-0.2, -0.15) is 11.8 Å². The highest BCUT2D eigenvalue weighted by atomic mass is 32.2. The maximum absolute atomic E-state index is 6.08. The topological polar surface area (TPSA) is 38.5 Å². The molecule has 0 aromatic heterocycles. The van der Waals surface area contributed by atoms with Crippen LogP contribution in [0.25, 0.3) is 0 Å². The van der Waals surface area contributed by atoms with E-state index in [1.807, 2.05) is 0 Å². The van der Waals surface area contributed by atoms with E-state index in [2.05, 4.69) is 23.6 Å². The predicted octanol–water partition coefficient (Wildman–Crippen LogP) is 1.18.